The van der Waals surface area contributed by atoms with Crippen LogP contribution in [-0.2, 0) is 18.5 Å². The molecule has 0 saturated carbocycles. The molecule has 1 heterocycles. The predicted molar refractivity (Wildman–Crippen MR) is 103 cm³/mol. The third kappa shape index (κ3) is 4.00. The topological polar surface area (TPSA) is 48.6 Å². The number of oxime groups is 1. The van der Waals surface area contributed by atoms with Crippen molar-refractivity contribution in [1.82, 2.24) is 9.55 Å². The Labute approximate surface area is 161 Å². The second-order valence-electron chi connectivity index (χ2n) is 5.50. The van der Waals surface area contributed by atoms with Crippen molar-refractivity contribution in [2.45, 2.75) is 6.61 Å². The average Bonchev–Trinajstić information content (AvgIpc) is 3.06. The van der Waals surface area contributed by atoms with Crippen LogP contribution in [0.1, 0.15) is 17.0 Å². The molecular formula is C19H17Cl2N3O2. The van der Waals surface area contributed by atoms with Crippen molar-refractivity contribution in [3.63, 3.8) is 0 Å². The van der Waals surface area contributed by atoms with E-state index in [9.17, 15) is 0 Å². The Kier molecular flexibility index (Phi) is 5.81. The lowest BCUT2D eigenvalue weighted by molar-refractivity contribution is 0.213. The molecular weight excluding hydrogens is 373 g/mol. The lowest BCUT2D eigenvalue weighted by Gasteiger charge is -2.13. The van der Waals surface area contributed by atoms with Gasteiger partial charge in [0.2, 0.25) is 0 Å². The van der Waals surface area contributed by atoms with E-state index in [-0.39, 0.29) is 0 Å². The van der Waals surface area contributed by atoms with Crippen LogP contribution < -0.4 is 4.74 Å². The van der Waals surface area contributed by atoms with E-state index in [1.54, 1.807) is 24.4 Å². The maximum Gasteiger partial charge on any atom is 0.162 e. The van der Waals surface area contributed by atoms with Crippen LogP contribution in [0.5, 0.6) is 5.75 Å². The maximum atomic E-state index is 6.18. The van der Waals surface area contributed by atoms with Crippen molar-refractivity contribution in [1.29, 1.82) is 0 Å². The van der Waals surface area contributed by atoms with E-state index >= 15 is 0 Å². The van der Waals surface area contributed by atoms with Gasteiger partial charge >= 0.3 is 0 Å². The van der Waals surface area contributed by atoms with Gasteiger partial charge in [0.15, 0.2) is 11.5 Å². The molecule has 0 spiro atoms. The lowest BCUT2D eigenvalue weighted by atomic mass is 10.0. The van der Waals surface area contributed by atoms with Crippen LogP contribution in [0.2, 0.25) is 10.0 Å². The lowest BCUT2D eigenvalue weighted by Crippen LogP contribution is -2.14. The van der Waals surface area contributed by atoms with Crippen LogP contribution >= 0.6 is 23.2 Å². The molecule has 0 radical (unpaired) electrons. The summed E-state index contributed by atoms with van der Waals surface area (Å²) < 4.78 is 7.76. The molecule has 0 aliphatic carbocycles. The van der Waals surface area contributed by atoms with Crippen molar-refractivity contribution in [3.05, 3.63) is 81.9 Å². The molecule has 0 atom stereocenters. The van der Waals surface area contributed by atoms with E-state index in [0.29, 0.717) is 33.9 Å². The quantitative estimate of drug-likeness (QED) is 0.453. The highest BCUT2D eigenvalue weighted by atomic mass is 35.5. The van der Waals surface area contributed by atoms with Gasteiger partial charge < -0.3 is 14.1 Å². The molecule has 0 bridgehead atoms. The van der Waals surface area contributed by atoms with E-state index in [1.807, 2.05) is 42.1 Å². The highest BCUT2D eigenvalue weighted by Gasteiger charge is 2.17. The number of aryl methyl sites for hydroxylation is 1. The summed E-state index contributed by atoms with van der Waals surface area (Å²) in [6.45, 7) is 0.295. The van der Waals surface area contributed by atoms with Crippen molar-refractivity contribution in [2.75, 3.05) is 7.11 Å². The fourth-order valence-corrected chi connectivity index (χ4v) is 2.85. The largest absolute Gasteiger partial charge is 0.487 e. The van der Waals surface area contributed by atoms with Gasteiger partial charge in [-0.2, -0.15) is 0 Å². The number of imidazole rings is 1. The summed E-state index contributed by atoms with van der Waals surface area (Å²) in [5, 5.41) is 5.24. The Balaban J connectivity index is 1.94. The van der Waals surface area contributed by atoms with Crippen LogP contribution in [0.3, 0.4) is 0 Å². The summed E-state index contributed by atoms with van der Waals surface area (Å²) in [5.74, 6) is 1.22. The second-order valence-corrected chi connectivity index (χ2v) is 6.35. The first-order valence-electron chi connectivity index (χ1n) is 7.85. The van der Waals surface area contributed by atoms with Crippen LogP contribution in [0, 0.1) is 0 Å². The van der Waals surface area contributed by atoms with Crippen LogP contribution in [0.25, 0.3) is 0 Å². The predicted octanol–water partition coefficient (Wildman–Crippen LogP) is 4.70. The van der Waals surface area contributed by atoms with Gasteiger partial charge in [-0.05, 0) is 17.7 Å². The first-order chi connectivity index (χ1) is 12.6. The molecule has 0 N–H and O–H groups in total. The number of hydrogen-bond acceptors (Lipinski definition) is 4. The van der Waals surface area contributed by atoms with Crippen molar-refractivity contribution >= 4 is 28.9 Å². The molecule has 2 aromatic carbocycles. The summed E-state index contributed by atoms with van der Waals surface area (Å²) in [4.78, 5) is 9.41. The zero-order valence-corrected chi connectivity index (χ0v) is 15.8. The third-order valence-corrected chi connectivity index (χ3v) is 4.31. The van der Waals surface area contributed by atoms with Gasteiger partial charge in [-0.25, -0.2) is 4.98 Å². The second kappa shape index (κ2) is 8.25. The van der Waals surface area contributed by atoms with Crippen LogP contribution in [-0.4, -0.2) is 22.4 Å². The molecule has 7 heteroatoms. The van der Waals surface area contributed by atoms with Crippen molar-refractivity contribution in [3.8, 4) is 5.75 Å². The van der Waals surface area contributed by atoms with Gasteiger partial charge in [0.1, 0.15) is 19.5 Å². The smallest absolute Gasteiger partial charge is 0.162 e. The van der Waals surface area contributed by atoms with Crippen molar-refractivity contribution < 1.29 is 9.57 Å². The molecule has 5 nitrogen and oxygen atoms in total. The van der Waals surface area contributed by atoms with Gasteiger partial charge in [0, 0.05) is 36.1 Å². The van der Waals surface area contributed by atoms with Gasteiger partial charge in [0.25, 0.3) is 0 Å². The van der Waals surface area contributed by atoms with Crippen LogP contribution in [0.15, 0.2) is 60.0 Å². The van der Waals surface area contributed by atoms with E-state index in [1.165, 1.54) is 7.11 Å². The van der Waals surface area contributed by atoms with E-state index in [2.05, 4.69) is 10.1 Å². The molecule has 3 rings (SSSR count). The summed E-state index contributed by atoms with van der Waals surface area (Å²) in [6.07, 6.45) is 3.57. The molecule has 3 aromatic rings. The summed E-state index contributed by atoms with van der Waals surface area (Å²) in [7, 11) is 3.41. The van der Waals surface area contributed by atoms with Gasteiger partial charge in [-0.3, -0.25) is 0 Å². The van der Waals surface area contributed by atoms with Gasteiger partial charge in [0.05, 0.1) is 5.02 Å². The third-order valence-electron chi connectivity index (χ3n) is 3.76. The van der Waals surface area contributed by atoms with E-state index < -0.39 is 0 Å². The number of halogens is 2. The number of rotatable bonds is 6. The highest BCUT2D eigenvalue weighted by Crippen LogP contribution is 2.29. The molecule has 0 saturated heterocycles. The first-order valence-corrected chi connectivity index (χ1v) is 8.60. The SMILES string of the molecule is CO/N=C(/c1ccccc1COc1cc(Cl)ccc1Cl)c1nccn1C. The Morgan fingerprint density at radius 2 is 2.00 bits per heavy atom. The monoisotopic (exact) mass is 389 g/mol. The standard InChI is InChI=1S/C19H17Cl2N3O2/c1-24-10-9-22-19(24)18(23-25-2)15-6-4-3-5-13(15)12-26-17-11-14(20)7-8-16(17)21/h3-11H,12H2,1-2H3/b23-18-. The Morgan fingerprint density at radius 3 is 2.73 bits per heavy atom. The molecule has 26 heavy (non-hydrogen) atoms. The minimum atomic E-state index is 0.295. The minimum absolute atomic E-state index is 0.295. The van der Waals surface area contributed by atoms with E-state index in [4.69, 9.17) is 32.8 Å². The molecule has 0 aliphatic heterocycles. The fourth-order valence-electron chi connectivity index (χ4n) is 2.52. The molecule has 1 aromatic heterocycles. The number of nitrogens with zero attached hydrogens (tertiary/aromatic N) is 3. The maximum absolute atomic E-state index is 6.18. The number of aromatic nitrogens is 2. The number of benzene rings is 2. The van der Waals surface area contributed by atoms with Gasteiger partial charge in [-0.1, -0.05) is 52.6 Å². The molecule has 134 valence electrons. The van der Waals surface area contributed by atoms with Gasteiger partial charge in [-0.15, -0.1) is 0 Å². The first kappa shape index (κ1) is 18.3. The molecule has 0 unspecified atom stereocenters. The molecule has 0 fully saturated rings. The van der Waals surface area contributed by atoms with Crippen LogP contribution in [0.4, 0.5) is 0 Å². The fraction of sp³-hybridized carbons (Fsp3) is 0.158. The highest BCUT2D eigenvalue weighted by molar-refractivity contribution is 6.34. The number of hydrogen-bond donors (Lipinski definition) is 0. The molecule has 0 aliphatic rings. The Bertz CT molecular complexity index is 938. The molecule has 0 amide bonds. The zero-order valence-electron chi connectivity index (χ0n) is 14.3. The average molecular weight is 390 g/mol. The Hall–Kier alpha value is -2.50. The summed E-state index contributed by atoms with van der Waals surface area (Å²) in [5.41, 5.74) is 2.40. The van der Waals surface area contributed by atoms with Crippen molar-refractivity contribution in [2.24, 2.45) is 12.2 Å². The van der Waals surface area contributed by atoms with E-state index in [0.717, 1.165) is 11.1 Å². The summed E-state index contributed by atoms with van der Waals surface area (Å²) >= 11 is 12.2. The zero-order chi connectivity index (χ0) is 18.5. The Morgan fingerprint density at radius 1 is 1.19 bits per heavy atom. The minimum Gasteiger partial charge on any atom is -0.487 e. The normalized spacial score (nSPS) is 11.5. The summed E-state index contributed by atoms with van der Waals surface area (Å²) in [6, 6.07) is 12.9. The number of ether oxygens (including phenoxy) is 1.